The lowest BCUT2D eigenvalue weighted by Gasteiger charge is -2.17. The van der Waals surface area contributed by atoms with Gasteiger partial charge in [0, 0.05) is 6.16 Å². The fourth-order valence-corrected chi connectivity index (χ4v) is 2.89. The number of rotatable bonds is 7. The molecule has 0 radical (unpaired) electrons. The minimum absolute atomic E-state index is 0.0771. The zero-order valence-corrected chi connectivity index (χ0v) is 13.4. The number of ether oxygens (including phenoxy) is 2. The van der Waals surface area contributed by atoms with E-state index in [-0.39, 0.29) is 20.4 Å². The second-order valence-corrected chi connectivity index (χ2v) is 5.30. The van der Waals surface area contributed by atoms with E-state index < -0.39 is 5.92 Å². The Morgan fingerprint density at radius 3 is 2.09 bits per heavy atom. The number of carbonyl (C=O) groups is 1. The van der Waals surface area contributed by atoms with Crippen molar-refractivity contribution in [2.45, 2.75) is 5.92 Å². The lowest BCUT2D eigenvalue weighted by molar-refractivity contribution is 0.0961. The van der Waals surface area contributed by atoms with E-state index in [9.17, 15) is 9.36 Å². The Morgan fingerprint density at radius 2 is 1.59 bits per heavy atom. The summed E-state index contributed by atoms with van der Waals surface area (Å²) >= 11 is 0. The summed E-state index contributed by atoms with van der Waals surface area (Å²) in [4.78, 5) is 13.0. The van der Waals surface area contributed by atoms with Gasteiger partial charge in [-0.1, -0.05) is 36.4 Å². The van der Waals surface area contributed by atoms with Crippen LogP contribution in [0.15, 0.2) is 48.5 Å². The molecule has 0 aliphatic carbocycles. The molecule has 4 nitrogen and oxygen atoms in total. The third kappa shape index (κ3) is 3.34. The Balaban J connectivity index is 2.50. The Bertz CT molecular complexity index is 633. The summed E-state index contributed by atoms with van der Waals surface area (Å²) in [6.45, 7) is 0. The van der Waals surface area contributed by atoms with Crippen LogP contribution in [0, 0.1) is 0 Å². The largest absolute Gasteiger partial charge is 0.496 e. The molecule has 0 amide bonds. The molecule has 0 aliphatic heterocycles. The van der Waals surface area contributed by atoms with Gasteiger partial charge in [0.05, 0.1) is 20.1 Å². The quantitative estimate of drug-likeness (QED) is 0.573. The molecule has 0 aromatic heterocycles. The van der Waals surface area contributed by atoms with Gasteiger partial charge in [0.15, 0.2) is 14.2 Å². The van der Waals surface area contributed by atoms with Crippen LogP contribution in [0.5, 0.6) is 11.5 Å². The van der Waals surface area contributed by atoms with Crippen molar-refractivity contribution < 1.29 is 18.8 Å². The summed E-state index contributed by atoms with van der Waals surface area (Å²) in [5, 5.41) is 0. The van der Waals surface area contributed by atoms with Crippen LogP contribution in [-0.2, 0) is 4.57 Å². The highest BCUT2D eigenvalue weighted by Gasteiger charge is 2.27. The Labute approximate surface area is 131 Å². The molecule has 2 rings (SSSR count). The molecule has 0 heterocycles. The minimum atomic E-state index is -0.509. The molecule has 22 heavy (non-hydrogen) atoms. The van der Waals surface area contributed by atoms with Crippen molar-refractivity contribution >= 4 is 14.2 Å². The summed E-state index contributed by atoms with van der Waals surface area (Å²) in [7, 11) is 2.94. The normalized spacial score (nSPS) is 11.9. The van der Waals surface area contributed by atoms with Crippen molar-refractivity contribution in [1.29, 1.82) is 0 Å². The number of hydrogen-bond donors (Lipinski definition) is 0. The molecule has 5 heteroatoms. The monoisotopic (exact) mass is 316 g/mol. The first kappa shape index (κ1) is 16.2. The molecular weight excluding hydrogens is 299 g/mol. The lowest BCUT2D eigenvalue weighted by Crippen LogP contribution is -2.16. The van der Waals surface area contributed by atoms with Crippen molar-refractivity contribution in [3.8, 4) is 11.5 Å². The van der Waals surface area contributed by atoms with E-state index in [1.165, 1.54) is 14.2 Å². The van der Waals surface area contributed by atoms with Crippen molar-refractivity contribution in [2.75, 3.05) is 20.4 Å². The van der Waals surface area contributed by atoms with E-state index in [4.69, 9.17) is 9.47 Å². The van der Waals surface area contributed by atoms with Gasteiger partial charge in [-0.2, -0.15) is 0 Å². The zero-order chi connectivity index (χ0) is 15.9. The summed E-state index contributed by atoms with van der Waals surface area (Å²) in [5.74, 6) is 0.232. The molecule has 2 aromatic carbocycles. The summed E-state index contributed by atoms with van der Waals surface area (Å²) < 4.78 is 21.7. The molecule has 114 valence electrons. The van der Waals surface area contributed by atoms with Crippen molar-refractivity contribution in [1.82, 2.24) is 0 Å². The van der Waals surface area contributed by atoms with Crippen LogP contribution in [-0.4, -0.2) is 26.2 Å². The van der Waals surface area contributed by atoms with E-state index in [0.29, 0.717) is 17.1 Å². The molecule has 0 saturated heterocycles. The van der Waals surface area contributed by atoms with Crippen LogP contribution in [0.25, 0.3) is 0 Å². The highest BCUT2D eigenvalue weighted by atomic mass is 31.1. The molecule has 0 N–H and O–H groups in total. The third-order valence-corrected chi connectivity index (χ3v) is 3.96. The lowest BCUT2D eigenvalue weighted by atomic mass is 9.91. The van der Waals surface area contributed by atoms with Crippen LogP contribution in [0.3, 0.4) is 0 Å². The maximum absolute atomic E-state index is 13.0. The maximum Gasteiger partial charge on any atom is 0.178 e. The fraction of sp³-hybridized carbons (Fsp3) is 0.235. The molecule has 0 saturated carbocycles. The van der Waals surface area contributed by atoms with Gasteiger partial charge < -0.3 is 9.47 Å². The molecule has 0 aliphatic rings. The van der Waals surface area contributed by atoms with Crippen LogP contribution in [0.1, 0.15) is 21.8 Å². The maximum atomic E-state index is 13.0. The predicted octanol–water partition coefficient (Wildman–Crippen LogP) is 3.96. The van der Waals surface area contributed by atoms with Gasteiger partial charge >= 0.3 is 0 Å². The topological polar surface area (TPSA) is 52.6 Å². The van der Waals surface area contributed by atoms with E-state index in [1.807, 2.05) is 30.3 Å². The Kier molecular flexibility index (Phi) is 5.68. The summed E-state index contributed by atoms with van der Waals surface area (Å²) in [5.41, 5.74) is 1.20. The highest BCUT2D eigenvalue weighted by molar-refractivity contribution is 7.23. The minimum Gasteiger partial charge on any atom is -0.496 e. The number of carbonyl (C=O) groups excluding carboxylic acids is 1. The van der Waals surface area contributed by atoms with E-state index >= 15 is 0 Å². The molecule has 0 fully saturated rings. The van der Waals surface area contributed by atoms with E-state index in [0.717, 1.165) is 5.56 Å². The molecule has 2 aromatic rings. The Morgan fingerprint density at radius 1 is 1.00 bits per heavy atom. The van der Waals surface area contributed by atoms with Crippen LogP contribution in [0.2, 0.25) is 0 Å². The van der Waals surface area contributed by atoms with Crippen LogP contribution >= 0.6 is 8.46 Å². The number of Topliss-reactive ketones (excluding diaryl/α,β-unsaturated/α-hetero) is 1. The van der Waals surface area contributed by atoms with Gasteiger partial charge in [0.2, 0.25) is 0 Å². The summed E-state index contributed by atoms with van der Waals surface area (Å²) in [6.07, 6.45) is 0.212. The molecule has 0 bridgehead atoms. The van der Waals surface area contributed by atoms with E-state index in [2.05, 4.69) is 0 Å². The first-order valence-corrected chi connectivity index (χ1v) is 7.82. The first-order valence-electron chi connectivity index (χ1n) is 6.82. The summed E-state index contributed by atoms with van der Waals surface area (Å²) in [6, 6.07) is 14.5. The highest BCUT2D eigenvalue weighted by Crippen LogP contribution is 2.34. The molecule has 1 unspecified atom stereocenters. The Hall–Kier alpha value is -2.19. The van der Waals surface area contributed by atoms with Gasteiger partial charge in [-0.15, -0.1) is 0 Å². The second kappa shape index (κ2) is 7.71. The van der Waals surface area contributed by atoms with Crippen LogP contribution in [0.4, 0.5) is 0 Å². The SMILES string of the molecule is COc1cccc(OC)c1C(=O)C(CP=O)c1ccccc1. The number of hydrogen-bond acceptors (Lipinski definition) is 4. The molecular formula is C17H17O4P. The smallest absolute Gasteiger partial charge is 0.178 e. The standard InChI is InChI=1S/C17H17O4P/c1-20-14-9-6-10-15(21-2)16(14)17(18)13(11-22-19)12-7-4-3-5-8-12/h3-10,13H,11H2,1-2H3. The number of benzene rings is 2. The first-order chi connectivity index (χ1) is 10.7. The average Bonchev–Trinajstić information content (AvgIpc) is 2.59. The zero-order valence-electron chi connectivity index (χ0n) is 12.5. The van der Waals surface area contributed by atoms with Crippen molar-refractivity contribution in [2.24, 2.45) is 0 Å². The van der Waals surface area contributed by atoms with E-state index in [1.54, 1.807) is 18.2 Å². The van der Waals surface area contributed by atoms with Gasteiger partial charge in [-0.3, -0.25) is 9.36 Å². The number of methoxy groups -OCH3 is 2. The average molecular weight is 316 g/mol. The fourth-order valence-electron chi connectivity index (χ4n) is 2.37. The molecule has 1 atom stereocenters. The molecule has 0 spiro atoms. The van der Waals surface area contributed by atoms with Gasteiger partial charge in [-0.25, -0.2) is 0 Å². The predicted molar refractivity (Wildman–Crippen MR) is 85.5 cm³/mol. The van der Waals surface area contributed by atoms with Gasteiger partial charge in [-0.05, 0) is 17.7 Å². The second-order valence-electron chi connectivity index (χ2n) is 4.68. The van der Waals surface area contributed by atoms with Gasteiger partial charge in [0.1, 0.15) is 17.1 Å². The number of ketones is 1. The van der Waals surface area contributed by atoms with Crippen LogP contribution < -0.4 is 9.47 Å². The van der Waals surface area contributed by atoms with Crippen molar-refractivity contribution in [3.63, 3.8) is 0 Å². The third-order valence-electron chi connectivity index (χ3n) is 3.45. The van der Waals surface area contributed by atoms with Crippen molar-refractivity contribution in [3.05, 3.63) is 59.7 Å². The van der Waals surface area contributed by atoms with Gasteiger partial charge in [0.25, 0.3) is 0 Å².